The largest absolute Gasteiger partial charge is 0.366 e. The van der Waals surface area contributed by atoms with Gasteiger partial charge in [0.25, 0.3) is 0 Å². The molecule has 17 heavy (non-hydrogen) atoms. The third kappa shape index (κ3) is 2.76. The highest BCUT2D eigenvalue weighted by Gasteiger charge is 2.08. The molecule has 0 aliphatic rings. The first-order valence-electron chi connectivity index (χ1n) is 5.47. The molecule has 0 amide bonds. The Morgan fingerprint density at radius 1 is 1.35 bits per heavy atom. The summed E-state index contributed by atoms with van der Waals surface area (Å²) < 4.78 is 0. The summed E-state index contributed by atoms with van der Waals surface area (Å²) in [7, 11) is 0. The van der Waals surface area contributed by atoms with Crippen LogP contribution in [0.5, 0.6) is 0 Å². The van der Waals surface area contributed by atoms with E-state index in [2.05, 4.69) is 33.0 Å². The van der Waals surface area contributed by atoms with E-state index >= 15 is 0 Å². The normalized spacial score (nSPS) is 10.5. The van der Waals surface area contributed by atoms with Gasteiger partial charge >= 0.3 is 0 Å². The third-order valence-electron chi connectivity index (χ3n) is 2.65. The first-order valence-corrected chi connectivity index (χ1v) is 6.79. The zero-order chi connectivity index (χ0) is 12.3. The lowest BCUT2D eigenvalue weighted by molar-refractivity contribution is 1.01. The number of halogens is 1. The summed E-state index contributed by atoms with van der Waals surface area (Å²) in [6.07, 6.45) is 2.31. The second-order valence-corrected chi connectivity index (χ2v) is 4.88. The minimum atomic E-state index is 0.534. The molecule has 2 aromatic rings. The molecule has 1 N–H and O–H groups in total. The maximum atomic E-state index is 6.03. The van der Waals surface area contributed by atoms with Gasteiger partial charge in [-0.15, -0.1) is 0 Å². The molecule has 0 spiro atoms. The van der Waals surface area contributed by atoms with Gasteiger partial charge in [-0.1, -0.05) is 18.5 Å². The molecule has 2 rings (SSSR count). The highest BCUT2D eigenvalue weighted by atomic mass is 35.5. The Bertz CT molecular complexity index is 510. The van der Waals surface area contributed by atoms with Crippen molar-refractivity contribution < 1.29 is 0 Å². The topological polar surface area (TPSA) is 37.8 Å². The number of hydrogen-bond acceptors (Lipinski definition) is 4. The fourth-order valence-electron chi connectivity index (χ4n) is 1.60. The number of rotatable bonds is 4. The standard InChI is InChI=1S/C12H14ClN3S/c1-3-10-11(13)15-7-16-12(10)14-4-9-6-17-5-8(9)2/h5-7H,3-4H2,1-2H3,(H,14,15,16). The number of aryl methyl sites for hydroxylation is 1. The minimum Gasteiger partial charge on any atom is -0.366 e. The Balaban J connectivity index is 2.14. The van der Waals surface area contributed by atoms with Gasteiger partial charge in [-0.25, -0.2) is 9.97 Å². The molecule has 0 aliphatic carbocycles. The number of nitrogens with zero attached hydrogens (tertiary/aromatic N) is 2. The van der Waals surface area contributed by atoms with Crippen LogP contribution in [0.2, 0.25) is 5.15 Å². The van der Waals surface area contributed by atoms with Crippen molar-refractivity contribution in [2.75, 3.05) is 5.32 Å². The van der Waals surface area contributed by atoms with Gasteiger partial charge in [-0.05, 0) is 35.2 Å². The molecular weight excluding hydrogens is 254 g/mol. The van der Waals surface area contributed by atoms with Gasteiger partial charge in [-0.2, -0.15) is 11.3 Å². The molecule has 2 heterocycles. The summed E-state index contributed by atoms with van der Waals surface area (Å²) in [6.45, 7) is 4.93. The van der Waals surface area contributed by atoms with Crippen molar-refractivity contribution in [3.63, 3.8) is 0 Å². The maximum Gasteiger partial charge on any atom is 0.137 e. The Kier molecular flexibility index (Phi) is 3.97. The summed E-state index contributed by atoms with van der Waals surface area (Å²) in [5.74, 6) is 0.832. The second kappa shape index (κ2) is 5.47. The number of thiophene rings is 1. The highest BCUT2D eigenvalue weighted by Crippen LogP contribution is 2.21. The van der Waals surface area contributed by atoms with E-state index in [0.717, 1.165) is 24.3 Å². The van der Waals surface area contributed by atoms with Crippen molar-refractivity contribution in [2.45, 2.75) is 26.8 Å². The number of anilines is 1. The summed E-state index contributed by atoms with van der Waals surface area (Å²) >= 11 is 7.75. The van der Waals surface area contributed by atoms with Crippen LogP contribution >= 0.6 is 22.9 Å². The maximum absolute atomic E-state index is 6.03. The molecule has 0 bridgehead atoms. The van der Waals surface area contributed by atoms with Gasteiger partial charge in [0.1, 0.15) is 17.3 Å². The fraction of sp³-hybridized carbons (Fsp3) is 0.333. The van der Waals surface area contributed by atoms with Gasteiger partial charge < -0.3 is 5.32 Å². The average molecular weight is 268 g/mol. The molecule has 0 saturated heterocycles. The summed E-state index contributed by atoms with van der Waals surface area (Å²) in [5, 5.41) is 8.15. The van der Waals surface area contributed by atoms with E-state index in [-0.39, 0.29) is 0 Å². The van der Waals surface area contributed by atoms with E-state index < -0.39 is 0 Å². The molecule has 5 heteroatoms. The summed E-state index contributed by atoms with van der Waals surface area (Å²) in [5.41, 5.74) is 3.58. The molecular formula is C12H14ClN3S. The van der Waals surface area contributed by atoms with E-state index in [1.807, 2.05) is 6.92 Å². The number of hydrogen-bond donors (Lipinski definition) is 1. The van der Waals surface area contributed by atoms with Crippen LogP contribution in [0, 0.1) is 6.92 Å². The molecule has 0 radical (unpaired) electrons. The van der Waals surface area contributed by atoms with Crippen LogP contribution in [-0.4, -0.2) is 9.97 Å². The van der Waals surface area contributed by atoms with Gasteiger partial charge in [0.15, 0.2) is 0 Å². The van der Waals surface area contributed by atoms with E-state index in [0.29, 0.717) is 5.15 Å². The zero-order valence-electron chi connectivity index (χ0n) is 9.83. The second-order valence-electron chi connectivity index (χ2n) is 3.78. The predicted molar refractivity (Wildman–Crippen MR) is 72.8 cm³/mol. The number of nitrogens with one attached hydrogen (secondary N) is 1. The van der Waals surface area contributed by atoms with Crippen molar-refractivity contribution in [3.8, 4) is 0 Å². The third-order valence-corrected chi connectivity index (χ3v) is 3.89. The zero-order valence-corrected chi connectivity index (χ0v) is 11.4. The van der Waals surface area contributed by atoms with Crippen LogP contribution in [0.15, 0.2) is 17.1 Å². The van der Waals surface area contributed by atoms with Crippen LogP contribution in [0.1, 0.15) is 23.6 Å². The Labute approximate surface area is 110 Å². The van der Waals surface area contributed by atoms with E-state index in [1.54, 1.807) is 11.3 Å². The van der Waals surface area contributed by atoms with Crippen molar-refractivity contribution in [1.82, 2.24) is 9.97 Å². The number of aromatic nitrogens is 2. The van der Waals surface area contributed by atoms with Crippen LogP contribution in [-0.2, 0) is 13.0 Å². The minimum absolute atomic E-state index is 0.534. The Morgan fingerprint density at radius 2 is 2.18 bits per heavy atom. The molecule has 2 aromatic heterocycles. The van der Waals surface area contributed by atoms with Crippen LogP contribution in [0.4, 0.5) is 5.82 Å². The fourth-order valence-corrected chi connectivity index (χ4v) is 2.73. The van der Waals surface area contributed by atoms with Crippen molar-refractivity contribution >= 4 is 28.8 Å². The Hall–Kier alpha value is -1.13. The quantitative estimate of drug-likeness (QED) is 0.859. The van der Waals surface area contributed by atoms with Crippen molar-refractivity contribution in [2.24, 2.45) is 0 Å². The summed E-state index contributed by atoms with van der Waals surface area (Å²) in [4.78, 5) is 8.23. The molecule has 0 saturated carbocycles. The lowest BCUT2D eigenvalue weighted by Crippen LogP contribution is -2.05. The first kappa shape index (κ1) is 12.3. The SMILES string of the molecule is CCc1c(Cl)ncnc1NCc1cscc1C. The predicted octanol–water partition coefficient (Wildman–Crippen LogP) is 3.67. The van der Waals surface area contributed by atoms with E-state index in [9.17, 15) is 0 Å². The van der Waals surface area contributed by atoms with Gasteiger partial charge in [-0.3, -0.25) is 0 Å². The molecule has 0 fully saturated rings. The van der Waals surface area contributed by atoms with Gasteiger partial charge in [0.05, 0.1) is 0 Å². The molecule has 3 nitrogen and oxygen atoms in total. The smallest absolute Gasteiger partial charge is 0.137 e. The van der Waals surface area contributed by atoms with E-state index in [1.165, 1.54) is 17.5 Å². The van der Waals surface area contributed by atoms with Crippen LogP contribution in [0.3, 0.4) is 0 Å². The molecule has 0 aromatic carbocycles. The lowest BCUT2D eigenvalue weighted by Gasteiger charge is -2.10. The summed E-state index contributed by atoms with van der Waals surface area (Å²) in [6, 6.07) is 0. The van der Waals surface area contributed by atoms with Crippen molar-refractivity contribution in [3.05, 3.63) is 38.9 Å². The van der Waals surface area contributed by atoms with Gasteiger partial charge in [0, 0.05) is 12.1 Å². The van der Waals surface area contributed by atoms with Crippen molar-refractivity contribution in [1.29, 1.82) is 0 Å². The molecule has 0 aliphatic heterocycles. The average Bonchev–Trinajstić information content (AvgIpc) is 2.72. The molecule has 0 unspecified atom stereocenters. The first-order chi connectivity index (χ1) is 8.22. The monoisotopic (exact) mass is 267 g/mol. The Morgan fingerprint density at radius 3 is 2.82 bits per heavy atom. The van der Waals surface area contributed by atoms with E-state index in [4.69, 9.17) is 11.6 Å². The lowest BCUT2D eigenvalue weighted by atomic mass is 10.2. The molecule has 90 valence electrons. The van der Waals surface area contributed by atoms with Gasteiger partial charge in [0.2, 0.25) is 0 Å². The van der Waals surface area contributed by atoms with Crippen LogP contribution < -0.4 is 5.32 Å². The van der Waals surface area contributed by atoms with Crippen LogP contribution in [0.25, 0.3) is 0 Å². The molecule has 0 atom stereocenters. The highest BCUT2D eigenvalue weighted by molar-refractivity contribution is 7.08.